The van der Waals surface area contributed by atoms with Gasteiger partial charge in [-0.1, -0.05) is 15.9 Å². The molecule has 1 saturated carbocycles. The highest BCUT2D eigenvalue weighted by Gasteiger charge is 2.61. The largest absolute Gasteiger partial charge is 0.393 e. The Morgan fingerprint density at radius 1 is 1.43 bits per heavy atom. The van der Waals surface area contributed by atoms with Gasteiger partial charge in [0.1, 0.15) is 25.7 Å². The van der Waals surface area contributed by atoms with Gasteiger partial charge in [0.15, 0.2) is 0 Å². The van der Waals surface area contributed by atoms with Crippen molar-refractivity contribution in [2.45, 2.75) is 47.6 Å². The Balaban J connectivity index is 1.59. The predicted octanol–water partition coefficient (Wildman–Crippen LogP) is -0.741. The molecular weight excluding hydrogens is 410 g/mol. The molecule has 3 rings (SSSR count). The number of hydrogen-bond donors (Lipinski definition) is 3. The summed E-state index contributed by atoms with van der Waals surface area (Å²) in [5, 5.41) is 19.5. The van der Waals surface area contributed by atoms with E-state index >= 15 is 0 Å². The number of aliphatic hydroxyl groups excluding tert-OH is 2. The van der Waals surface area contributed by atoms with E-state index in [4.69, 9.17) is 30.3 Å². The van der Waals surface area contributed by atoms with E-state index in [1.807, 2.05) is 7.85 Å². The lowest BCUT2D eigenvalue weighted by molar-refractivity contribution is -0.135. The number of rotatable bonds is 6. The van der Waals surface area contributed by atoms with Gasteiger partial charge in [0.05, 0.1) is 31.9 Å². The van der Waals surface area contributed by atoms with Crippen molar-refractivity contribution in [3.63, 3.8) is 0 Å². The number of alkyl halides is 1. The second kappa shape index (κ2) is 6.91. The lowest BCUT2D eigenvalue weighted by Gasteiger charge is -2.30. The average molecular weight is 431 g/mol. The number of hydrogen-bond acceptors (Lipinski definition) is 7. The van der Waals surface area contributed by atoms with E-state index in [1.54, 1.807) is 0 Å². The first-order valence-electron chi connectivity index (χ1n) is 7.64. The first-order valence-corrected chi connectivity index (χ1v) is 11.1. The molecule has 2 heterocycles. The van der Waals surface area contributed by atoms with Crippen LogP contribution in [0.3, 0.4) is 0 Å². The van der Waals surface area contributed by atoms with Crippen molar-refractivity contribution in [2.75, 3.05) is 19.8 Å². The standard InChI is InChI=1S/C12H21BBrO7PS/c13-11-9-10(12(4-15,20-11)5-18-9)21-22(17,23)19-3-6-1-7(14)2-8(6)16/h6-11,15-16H,1-5,13H2,(H,17,23)/t6-,7-,8?,9?,10?,11-,12+,22?/m1/s1. The molecule has 2 saturated heterocycles. The van der Waals surface area contributed by atoms with Gasteiger partial charge in [-0.25, -0.2) is 0 Å². The molecule has 1 aliphatic carbocycles. The van der Waals surface area contributed by atoms with Crippen LogP contribution in [0.4, 0.5) is 0 Å². The molecule has 3 aliphatic rings. The van der Waals surface area contributed by atoms with Crippen LogP contribution in [0.15, 0.2) is 0 Å². The van der Waals surface area contributed by atoms with Gasteiger partial charge in [-0.05, 0) is 24.6 Å². The molecule has 132 valence electrons. The van der Waals surface area contributed by atoms with E-state index in [0.717, 1.165) is 6.42 Å². The fourth-order valence-corrected chi connectivity index (χ4v) is 5.90. The lowest BCUT2D eigenvalue weighted by atomic mass is 9.92. The Morgan fingerprint density at radius 2 is 2.17 bits per heavy atom. The molecule has 4 unspecified atom stereocenters. The fraction of sp³-hybridized carbons (Fsp3) is 1.00. The van der Waals surface area contributed by atoms with Crippen LogP contribution in [0.25, 0.3) is 0 Å². The Kier molecular flexibility index (Phi) is 5.62. The van der Waals surface area contributed by atoms with Crippen molar-refractivity contribution in [1.29, 1.82) is 0 Å². The Morgan fingerprint density at radius 3 is 2.74 bits per heavy atom. The summed E-state index contributed by atoms with van der Waals surface area (Å²) in [6.07, 6.45) is -0.111. The van der Waals surface area contributed by atoms with E-state index in [-0.39, 0.29) is 42.7 Å². The maximum atomic E-state index is 10.3. The van der Waals surface area contributed by atoms with Crippen LogP contribution in [-0.2, 0) is 30.3 Å². The predicted molar refractivity (Wildman–Crippen MR) is 91.7 cm³/mol. The first-order chi connectivity index (χ1) is 10.8. The van der Waals surface area contributed by atoms with Gasteiger partial charge in [0.2, 0.25) is 0 Å². The third kappa shape index (κ3) is 3.72. The molecule has 23 heavy (non-hydrogen) atoms. The van der Waals surface area contributed by atoms with Crippen molar-refractivity contribution in [1.82, 2.24) is 0 Å². The van der Waals surface area contributed by atoms with Crippen LogP contribution in [-0.4, -0.2) is 77.5 Å². The van der Waals surface area contributed by atoms with Crippen LogP contribution in [0, 0.1) is 5.92 Å². The number of halogens is 1. The zero-order valence-corrected chi connectivity index (χ0v) is 16.0. The van der Waals surface area contributed by atoms with E-state index < -0.39 is 24.5 Å². The van der Waals surface area contributed by atoms with Crippen LogP contribution < -0.4 is 0 Å². The van der Waals surface area contributed by atoms with Crippen molar-refractivity contribution >= 4 is 42.3 Å². The second-order valence-electron chi connectivity index (χ2n) is 6.51. The average Bonchev–Trinajstić information content (AvgIpc) is 3.06. The molecule has 0 radical (unpaired) electrons. The summed E-state index contributed by atoms with van der Waals surface area (Å²) in [5.74, 6) is -0.0871. The number of fused-ring (bicyclic) bond motifs is 2. The minimum atomic E-state index is -3.52. The smallest absolute Gasteiger partial charge is 0.325 e. The maximum Gasteiger partial charge on any atom is 0.325 e. The maximum absolute atomic E-state index is 10.3. The van der Waals surface area contributed by atoms with Crippen molar-refractivity contribution in [3.8, 4) is 0 Å². The fourth-order valence-electron chi connectivity index (χ4n) is 3.53. The third-order valence-corrected chi connectivity index (χ3v) is 7.08. The number of aliphatic hydroxyl groups is 2. The summed E-state index contributed by atoms with van der Waals surface area (Å²) in [6.45, 7) is -3.46. The van der Waals surface area contributed by atoms with Crippen molar-refractivity contribution in [3.05, 3.63) is 0 Å². The third-order valence-electron chi connectivity index (χ3n) is 4.79. The van der Waals surface area contributed by atoms with Crippen LogP contribution in [0.5, 0.6) is 0 Å². The molecule has 3 fully saturated rings. The molecule has 0 aromatic rings. The SMILES string of the molecule is B[C@@H]1O[C@@]2(CO)COC1C2OP(O)(=S)OC[C@H]1C[C@@H](Br)CC1O. The molecule has 0 aromatic heterocycles. The van der Waals surface area contributed by atoms with E-state index in [0.29, 0.717) is 6.42 Å². The summed E-state index contributed by atoms with van der Waals surface area (Å²) in [5.41, 5.74) is -0.992. The molecule has 2 aliphatic heterocycles. The van der Waals surface area contributed by atoms with Crippen LogP contribution in [0.2, 0.25) is 0 Å². The zero-order chi connectivity index (χ0) is 16.8. The molecular formula is C12H21BBrO7PS. The Labute approximate surface area is 149 Å². The Hall–Kier alpha value is 0.915. The highest BCUT2D eigenvalue weighted by atomic mass is 79.9. The van der Waals surface area contributed by atoms with Gasteiger partial charge in [-0.15, -0.1) is 0 Å². The molecule has 3 N–H and O–H groups in total. The summed E-state index contributed by atoms with van der Waals surface area (Å²) in [6, 6.07) is -0.248. The van der Waals surface area contributed by atoms with Gasteiger partial charge in [-0.3, -0.25) is 4.52 Å². The lowest BCUT2D eigenvalue weighted by Crippen LogP contribution is -2.45. The summed E-state index contributed by atoms with van der Waals surface area (Å²) in [7, 11) is 1.82. The normalized spacial score (nSPS) is 48.7. The first kappa shape index (κ1) is 18.7. The van der Waals surface area contributed by atoms with Gasteiger partial charge in [0.25, 0.3) is 0 Å². The van der Waals surface area contributed by atoms with Crippen LogP contribution >= 0.6 is 22.6 Å². The van der Waals surface area contributed by atoms with Crippen molar-refractivity contribution in [2.24, 2.45) is 5.92 Å². The van der Waals surface area contributed by atoms with Gasteiger partial charge >= 0.3 is 6.72 Å². The van der Waals surface area contributed by atoms with Crippen LogP contribution in [0.1, 0.15) is 12.8 Å². The van der Waals surface area contributed by atoms with Gasteiger partial charge in [0, 0.05) is 10.7 Å². The highest BCUT2D eigenvalue weighted by molar-refractivity contribution is 9.09. The molecule has 7 nitrogen and oxygen atoms in total. The molecule has 2 bridgehead atoms. The molecule has 11 heteroatoms. The van der Waals surface area contributed by atoms with Crippen molar-refractivity contribution < 1.29 is 33.6 Å². The highest BCUT2D eigenvalue weighted by Crippen LogP contribution is 2.53. The summed E-state index contributed by atoms with van der Waals surface area (Å²) in [4.78, 5) is 10.6. The quantitative estimate of drug-likeness (QED) is 0.288. The molecule has 0 aromatic carbocycles. The minimum absolute atomic E-state index is 0.0871. The zero-order valence-electron chi connectivity index (χ0n) is 12.7. The second-order valence-corrected chi connectivity index (χ2v) is 10.6. The molecule has 0 amide bonds. The summed E-state index contributed by atoms with van der Waals surface area (Å²) < 4.78 is 22.4. The van der Waals surface area contributed by atoms with E-state index in [1.165, 1.54) is 0 Å². The minimum Gasteiger partial charge on any atom is -0.393 e. The molecule has 0 spiro atoms. The van der Waals surface area contributed by atoms with E-state index in [2.05, 4.69) is 15.9 Å². The summed E-state index contributed by atoms with van der Waals surface area (Å²) >= 11 is 8.56. The Bertz CT molecular complexity index is 502. The van der Waals surface area contributed by atoms with Gasteiger partial charge in [-0.2, -0.15) is 0 Å². The number of ether oxygens (including phenoxy) is 2. The molecule has 8 atom stereocenters. The monoisotopic (exact) mass is 430 g/mol. The van der Waals surface area contributed by atoms with E-state index in [9.17, 15) is 15.1 Å². The van der Waals surface area contributed by atoms with Gasteiger partial charge < -0.3 is 29.1 Å². The topological polar surface area (TPSA) is 97.6 Å².